The van der Waals surface area contributed by atoms with Crippen LogP contribution in [0.4, 0.5) is 0 Å². The lowest BCUT2D eigenvalue weighted by Crippen LogP contribution is -2.43. The number of methoxy groups -OCH3 is 1. The van der Waals surface area contributed by atoms with Crippen LogP contribution in [-0.2, 0) is 11.2 Å². The van der Waals surface area contributed by atoms with E-state index < -0.39 is 0 Å². The summed E-state index contributed by atoms with van der Waals surface area (Å²) in [5.41, 5.74) is 1.31. The molecule has 0 aromatic heterocycles. The SMILES string of the molecule is COCC(C)NC(=S)NCCc1ccccc1. The second-order valence-electron chi connectivity index (χ2n) is 3.99. The van der Waals surface area contributed by atoms with Gasteiger partial charge in [-0.05, 0) is 31.1 Å². The highest BCUT2D eigenvalue weighted by Gasteiger charge is 2.02. The highest BCUT2D eigenvalue weighted by molar-refractivity contribution is 7.80. The Bertz CT molecular complexity index is 329. The third-order valence-electron chi connectivity index (χ3n) is 2.34. The maximum atomic E-state index is 5.18. The summed E-state index contributed by atoms with van der Waals surface area (Å²) in [6.07, 6.45) is 0.974. The van der Waals surface area contributed by atoms with E-state index in [1.54, 1.807) is 7.11 Å². The maximum absolute atomic E-state index is 5.18. The Kier molecular flexibility index (Phi) is 6.58. The fraction of sp³-hybridized carbons (Fsp3) is 0.462. The van der Waals surface area contributed by atoms with E-state index in [1.165, 1.54) is 5.56 Å². The molecule has 1 aromatic rings. The maximum Gasteiger partial charge on any atom is 0.166 e. The van der Waals surface area contributed by atoms with Gasteiger partial charge in [0.25, 0.3) is 0 Å². The van der Waals surface area contributed by atoms with Crippen molar-refractivity contribution in [1.29, 1.82) is 0 Å². The largest absolute Gasteiger partial charge is 0.383 e. The number of ether oxygens (including phenoxy) is 1. The highest BCUT2D eigenvalue weighted by Crippen LogP contribution is 1.97. The molecule has 3 nitrogen and oxygen atoms in total. The van der Waals surface area contributed by atoms with Gasteiger partial charge in [0, 0.05) is 19.7 Å². The van der Waals surface area contributed by atoms with Crippen molar-refractivity contribution < 1.29 is 4.74 Å². The van der Waals surface area contributed by atoms with Crippen molar-refractivity contribution in [2.24, 2.45) is 0 Å². The third kappa shape index (κ3) is 6.24. The molecule has 1 rings (SSSR count). The van der Waals surface area contributed by atoms with Gasteiger partial charge in [0.05, 0.1) is 6.61 Å². The molecule has 17 heavy (non-hydrogen) atoms. The quantitative estimate of drug-likeness (QED) is 0.756. The van der Waals surface area contributed by atoms with E-state index in [9.17, 15) is 0 Å². The first kappa shape index (κ1) is 13.9. The van der Waals surface area contributed by atoms with E-state index in [-0.39, 0.29) is 6.04 Å². The van der Waals surface area contributed by atoms with Gasteiger partial charge in [-0.3, -0.25) is 0 Å². The second-order valence-corrected chi connectivity index (χ2v) is 4.40. The molecule has 0 amide bonds. The number of thiocarbonyl (C=S) groups is 1. The van der Waals surface area contributed by atoms with Gasteiger partial charge in [0.15, 0.2) is 5.11 Å². The van der Waals surface area contributed by atoms with Crippen molar-refractivity contribution in [3.63, 3.8) is 0 Å². The van der Waals surface area contributed by atoms with Crippen LogP contribution in [0.1, 0.15) is 12.5 Å². The molecular formula is C13H20N2OS. The number of hydrogen-bond acceptors (Lipinski definition) is 2. The predicted octanol–water partition coefficient (Wildman–Crippen LogP) is 1.73. The summed E-state index contributed by atoms with van der Waals surface area (Å²) in [7, 11) is 1.68. The Hall–Kier alpha value is -1.13. The lowest BCUT2D eigenvalue weighted by atomic mass is 10.1. The lowest BCUT2D eigenvalue weighted by molar-refractivity contribution is 0.179. The Labute approximate surface area is 109 Å². The first-order chi connectivity index (χ1) is 8.22. The van der Waals surface area contributed by atoms with E-state index in [2.05, 4.69) is 22.8 Å². The summed E-state index contributed by atoms with van der Waals surface area (Å²) in [5, 5.41) is 7.03. The van der Waals surface area contributed by atoms with Gasteiger partial charge < -0.3 is 15.4 Å². The second kappa shape index (κ2) is 8.03. The molecule has 0 bridgehead atoms. The molecule has 0 fully saturated rings. The highest BCUT2D eigenvalue weighted by atomic mass is 32.1. The van der Waals surface area contributed by atoms with Crippen molar-refractivity contribution in [3.05, 3.63) is 35.9 Å². The number of benzene rings is 1. The topological polar surface area (TPSA) is 33.3 Å². The molecule has 0 heterocycles. The molecule has 1 unspecified atom stereocenters. The van der Waals surface area contributed by atoms with Crippen molar-refractivity contribution in [1.82, 2.24) is 10.6 Å². The van der Waals surface area contributed by atoms with E-state index in [0.717, 1.165) is 13.0 Å². The summed E-state index contributed by atoms with van der Waals surface area (Å²) < 4.78 is 5.03. The van der Waals surface area contributed by atoms with Gasteiger partial charge in [-0.15, -0.1) is 0 Å². The van der Waals surface area contributed by atoms with E-state index >= 15 is 0 Å². The van der Waals surface area contributed by atoms with Gasteiger partial charge in [-0.1, -0.05) is 30.3 Å². The van der Waals surface area contributed by atoms with Crippen LogP contribution >= 0.6 is 12.2 Å². The van der Waals surface area contributed by atoms with E-state index in [4.69, 9.17) is 17.0 Å². The zero-order chi connectivity index (χ0) is 12.5. The van der Waals surface area contributed by atoms with Gasteiger partial charge in [-0.25, -0.2) is 0 Å². The van der Waals surface area contributed by atoms with Crippen molar-refractivity contribution in [3.8, 4) is 0 Å². The third-order valence-corrected chi connectivity index (χ3v) is 2.60. The van der Waals surface area contributed by atoms with Crippen molar-refractivity contribution in [2.45, 2.75) is 19.4 Å². The molecule has 94 valence electrons. The number of hydrogen-bond donors (Lipinski definition) is 2. The van der Waals surface area contributed by atoms with Crippen LogP contribution in [0.2, 0.25) is 0 Å². The van der Waals surface area contributed by atoms with E-state index in [0.29, 0.717) is 11.7 Å². The zero-order valence-corrected chi connectivity index (χ0v) is 11.2. The first-order valence-corrected chi connectivity index (χ1v) is 6.20. The van der Waals surface area contributed by atoms with Crippen molar-refractivity contribution >= 4 is 17.3 Å². The number of nitrogens with one attached hydrogen (secondary N) is 2. The molecule has 0 spiro atoms. The summed E-state index contributed by atoms with van der Waals surface area (Å²) in [6.45, 7) is 3.53. The Morgan fingerprint density at radius 1 is 1.35 bits per heavy atom. The fourth-order valence-electron chi connectivity index (χ4n) is 1.53. The molecule has 0 aliphatic rings. The van der Waals surface area contributed by atoms with Crippen LogP contribution in [0, 0.1) is 0 Å². The zero-order valence-electron chi connectivity index (χ0n) is 10.4. The van der Waals surface area contributed by atoms with Gasteiger partial charge in [0.1, 0.15) is 0 Å². The summed E-state index contributed by atoms with van der Waals surface area (Å²) in [6, 6.07) is 10.6. The lowest BCUT2D eigenvalue weighted by Gasteiger charge is -2.16. The predicted molar refractivity (Wildman–Crippen MR) is 75.2 cm³/mol. The summed E-state index contributed by atoms with van der Waals surface area (Å²) in [4.78, 5) is 0. The van der Waals surface area contributed by atoms with Crippen LogP contribution < -0.4 is 10.6 Å². The normalized spacial score (nSPS) is 11.9. The average Bonchev–Trinajstić information content (AvgIpc) is 2.30. The van der Waals surface area contributed by atoms with Gasteiger partial charge in [-0.2, -0.15) is 0 Å². The molecular weight excluding hydrogens is 232 g/mol. The monoisotopic (exact) mass is 252 g/mol. The summed E-state index contributed by atoms with van der Waals surface area (Å²) in [5.74, 6) is 0. The molecule has 0 saturated heterocycles. The fourth-order valence-corrected chi connectivity index (χ4v) is 1.83. The van der Waals surface area contributed by atoms with Crippen LogP contribution in [0.5, 0.6) is 0 Å². The van der Waals surface area contributed by atoms with Gasteiger partial charge >= 0.3 is 0 Å². The smallest absolute Gasteiger partial charge is 0.166 e. The Morgan fingerprint density at radius 2 is 2.06 bits per heavy atom. The molecule has 0 saturated carbocycles. The van der Waals surface area contributed by atoms with Crippen LogP contribution in [0.25, 0.3) is 0 Å². The Balaban J connectivity index is 2.16. The van der Waals surface area contributed by atoms with Crippen LogP contribution in [0.3, 0.4) is 0 Å². The van der Waals surface area contributed by atoms with Crippen LogP contribution in [0.15, 0.2) is 30.3 Å². The summed E-state index contributed by atoms with van der Waals surface area (Å²) >= 11 is 5.18. The van der Waals surface area contributed by atoms with Crippen molar-refractivity contribution in [2.75, 3.05) is 20.3 Å². The molecule has 0 aliphatic heterocycles. The minimum Gasteiger partial charge on any atom is -0.383 e. The Morgan fingerprint density at radius 3 is 2.71 bits per heavy atom. The molecule has 0 radical (unpaired) electrons. The van der Waals surface area contributed by atoms with Gasteiger partial charge in [0.2, 0.25) is 0 Å². The molecule has 1 aromatic carbocycles. The molecule has 0 aliphatic carbocycles. The van der Waals surface area contributed by atoms with Crippen LogP contribution in [-0.4, -0.2) is 31.4 Å². The molecule has 2 N–H and O–H groups in total. The molecule has 4 heteroatoms. The first-order valence-electron chi connectivity index (χ1n) is 5.79. The standard InChI is InChI=1S/C13H20N2OS/c1-11(10-16-2)15-13(17)14-9-8-12-6-4-3-5-7-12/h3-7,11H,8-10H2,1-2H3,(H2,14,15,17). The average molecular weight is 252 g/mol. The minimum atomic E-state index is 0.233. The van der Waals surface area contributed by atoms with E-state index in [1.807, 2.05) is 25.1 Å². The molecule has 1 atom stereocenters. The number of rotatable bonds is 6. The minimum absolute atomic E-state index is 0.233.